The first kappa shape index (κ1) is 21.7. The first-order valence-corrected chi connectivity index (χ1v) is 12.9. The second-order valence-corrected chi connectivity index (χ2v) is 10.5. The third-order valence-electron chi connectivity index (χ3n) is 7.23. The standard InChI is InChI=1S/C26H33N3O2S/c1-31-21-9-5-8-18(14-21)12-13-29-17-28-25-24(26(29)30)22-11-10-20(15-23(22)32-25)27-16-19-6-3-2-4-7-19/h5,8-9,14,17,19-20,27H,2-4,6-7,10-13,15-16H2,1H3. The van der Waals surface area contributed by atoms with Crippen molar-refractivity contribution in [2.24, 2.45) is 5.92 Å². The van der Waals surface area contributed by atoms with Crippen LogP contribution in [0.25, 0.3) is 10.2 Å². The van der Waals surface area contributed by atoms with Crippen LogP contribution in [0.3, 0.4) is 0 Å². The molecule has 1 aromatic carbocycles. The number of hydrogen-bond acceptors (Lipinski definition) is 5. The lowest BCUT2D eigenvalue weighted by molar-refractivity contribution is 0.319. The molecule has 1 fully saturated rings. The van der Waals surface area contributed by atoms with Gasteiger partial charge in [-0.05, 0) is 74.2 Å². The van der Waals surface area contributed by atoms with Crippen LogP contribution in [-0.2, 0) is 25.8 Å². The predicted molar refractivity (Wildman–Crippen MR) is 131 cm³/mol. The van der Waals surface area contributed by atoms with Crippen LogP contribution in [0.5, 0.6) is 5.75 Å². The lowest BCUT2D eigenvalue weighted by Crippen LogP contribution is -2.37. The molecule has 2 aliphatic rings. The number of nitrogens with zero attached hydrogens (tertiary/aromatic N) is 2. The summed E-state index contributed by atoms with van der Waals surface area (Å²) in [6.07, 6.45) is 12.6. The van der Waals surface area contributed by atoms with Gasteiger partial charge >= 0.3 is 0 Å². The van der Waals surface area contributed by atoms with Crippen molar-refractivity contribution in [3.63, 3.8) is 0 Å². The summed E-state index contributed by atoms with van der Waals surface area (Å²) in [6.45, 7) is 1.78. The molecule has 32 heavy (non-hydrogen) atoms. The van der Waals surface area contributed by atoms with Gasteiger partial charge in [-0.15, -0.1) is 11.3 Å². The van der Waals surface area contributed by atoms with E-state index in [1.54, 1.807) is 29.3 Å². The van der Waals surface area contributed by atoms with Gasteiger partial charge in [-0.1, -0.05) is 31.4 Å². The molecule has 2 aromatic heterocycles. The summed E-state index contributed by atoms with van der Waals surface area (Å²) in [5.41, 5.74) is 2.54. The molecule has 0 aliphatic heterocycles. The summed E-state index contributed by atoms with van der Waals surface area (Å²) in [6, 6.07) is 8.58. The Bertz CT molecular complexity index is 1130. The number of hydrogen-bond donors (Lipinski definition) is 1. The van der Waals surface area contributed by atoms with Gasteiger partial charge in [0, 0.05) is 17.5 Å². The zero-order valence-corrected chi connectivity index (χ0v) is 19.8. The molecule has 2 heterocycles. The van der Waals surface area contributed by atoms with Crippen molar-refractivity contribution in [1.29, 1.82) is 0 Å². The van der Waals surface area contributed by atoms with E-state index in [-0.39, 0.29) is 5.56 Å². The Balaban J connectivity index is 1.28. The van der Waals surface area contributed by atoms with Crippen LogP contribution in [0.15, 0.2) is 35.4 Å². The Morgan fingerprint density at radius 3 is 2.94 bits per heavy atom. The molecule has 5 nitrogen and oxygen atoms in total. The fourth-order valence-electron chi connectivity index (χ4n) is 5.34. The number of aromatic nitrogens is 2. The van der Waals surface area contributed by atoms with Crippen LogP contribution in [0.2, 0.25) is 0 Å². The van der Waals surface area contributed by atoms with E-state index < -0.39 is 0 Å². The molecule has 170 valence electrons. The minimum atomic E-state index is 0.115. The zero-order valence-electron chi connectivity index (χ0n) is 18.9. The Hall–Kier alpha value is -2.18. The second kappa shape index (κ2) is 9.75. The largest absolute Gasteiger partial charge is 0.497 e. The minimum Gasteiger partial charge on any atom is -0.497 e. The Labute approximate surface area is 193 Å². The lowest BCUT2D eigenvalue weighted by atomic mass is 9.88. The van der Waals surface area contributed by atoms with Crippen molar-refractivity contribution < 1.29 is 4.74 Å². The molecular formula is C26H33N3O2S. The molecule has 1 unspecified atom stereocenters. The summed E-state index contributed by atoms with van der Waals surface area (Å²) in [4.78, 5) is 20.3. The number of benzene rings is 1. The minimum absolute atomic E-state index is 0.115. The molecule has 3 aromatic rings. The summed E-state index contributed by atoms with van der Waals surface area (Å²) in [5, 5.41) is 4.71. The summed E-state index contributed by atoms with van der Waals surface area (Å²) in [5.74, 6) is 1.70. The molecule has 1 atom stereocenters. The maximum absolute atomic E-state index is 13.3. The molecule has 0 amide bonds. The van der Waals surface area contributed by atoms with Crippen LogP contribution in [-0.4, -0.2) is 29.2 Å². The van der Waals surface area contributed by atoms with Crippen molar-refractivity contribution in [2.45, 2.75) is 70.4 Å². The van der Waals surface area contributed by atoms with Gasteiger partial charge in [0.2, 0.25) is 0 Å². The Morgan fingerprint density at radius 1 is 1.22 bits per heavy atom. The quantitative estimate of drug-likeness (QED) is 0.564. The smallest absolute Gasteiger partial charge is 0.262 e. The number of aryl methyl sites for hydroxylation is 3. The van der Waals surface area contributed by atoms with Gasteiger partial charge in [-0.2, -0.15) is 0 Å². The average Bonchev–Trinajstić information content (AvgIpc) is 3.21. The molecule has 0 saturated heterocycles. The van der Waals surface area contributed by atoms with Crippen molar-refractivity contribution in [1.82, 2.24) is 14.9 Å². The Morgan fingerprint density at radius 2 is 2.09 bits per heavy atom. The van der Waals surface area contributed by atoms with Crippen molar-refractivity contribution >= 4 is 21.6 Å². The first-order valence-electron chi connectivity index (χ1n) is 12.1. The van der Waals surface area contributed by atoms with Crippen LogP contribution >= 0.6 is 11.3 Å². The van der Waals surface area contributed by atoms with E-state index in [0.717, 1.165) is 59.7 Å². The molecule has 1 saturated carbocycles. The monoisotopic (exact) mass is 451 g/mol. The molecule has 0 radical (unpaired) electrons. The van der Waals surface area contributed by atoms with E-state index in [1.165, 1.54) is 42.5 Å². The third-order valence-corrected chi connectivity index (χ3v) is 8.39. The number of nitrogens with one attached hydrogen (secondary N) is 1. The third kappa shape index (κ3) is 4.62. The van der Waals surface area contributed by atoms with Gasteiger partial charge in [0.15, 0.2) is 0 Å². The van der Waals surface area contributed by atoms with E-state index in [2.05, 4.69) is 16.4 Å². The molecule has 0 spiro atoms. The van der Waals surface area contributed by atoms with E-state index >= 15 is 0 Å². The van der Waals surface area contributed by atoms with Gasteiger partial charge < -0.3 is 10.1 Å². The normalized spacial score (nSPS) is 19.2. The van der Waals surface area contributed by atoms with E-state index in [1.807, 2.05) is 18.2 Å². The van der Waals surface area contributed by atoms with E-state index in [4.69, 9.17) is 4.74 Å². The fraction of sp³-hybridized carbons (Fsp3) is 0.538. The molecule has 1 N–H and O–H groups in total. The number of rotatable bonds is 7. The summed E-state index contributed by atoms with van der Waals surface area (Å²) < 4.78 is 7.10. The number of fused-ring (bicyclic) bond motifs is 3. The number of ether oxygens (including phenoxy) is 1. The molecular weight excluding hydrogens is 418 g/mol. The number of methoxy groups -OCH3 is 1. The van der Waals surface area contributed by atoms with Gasteiger partial charge in [0.25, 0.3) is 5.56 Å². The summed E-state index contributed by atoms with van der Waals surface area (Å²) in [7, 11) is 1.68. The average molecular weight is 452 g/mol. The van der Waals surface area contributed by atoms with Gasteiger partial charge in [-0.25, -0.2) is 4.98 Å². The SMILES string of the molecule is COc1cccc(CCn2cnc3sc4c(c3c2=O)CCC(NCC2CCCCC2)C4)c1. The van der Waals surface area contributed by atoms with Crippen LogP contribution in [0.4, 0.5) is 0 Å². The molecule has 5 rings (SSSR count). The van der Waals surface area contributed by atoms with Crippen LogP contribution in [0.1, 0.15) is 54.5 Å². The molecule has 6 heteroatoms. The maximum Gasteiger partial charge on any atom is 0.262 e. The van der Waals surface area contributed by atoms with Crippen molar-refractivity contribution in [3.8, 4) is 5.75 Å². The topological polar surface area (TPSA) is 56.2 Å². The highest BCUT2D eigenvalue weighted by Gasteiger charge is 2.26. The van der Waals surface area contributed by atoms with Gasteiger partial charge in [0.1, 0.15) is 10.6 Å². The summed E-state index contributed by atoms with van der Waals surface area (Å²) >= 11 is 1.73. The van der Waals surface area contributed by atoms with Gasteiger partial charge in [-0.3, -0.25) is 9.36 Å². The van der Waals surface area contributed by atoms with Crippen LogP contribution < -0.4 is 15.6 Å². The predicted octanol–water partition coefficient (Wildman–Crippen LogP) is 4.74. The van der Waals surface area contributed by atoms with Crippen molar-refractivity contribution in [2.75, 3.05) is 13.7 Å². The van der Waals surface area contributed by atoms with E-state index in [9.17, 15) is 4.79 Å². The highest BCUT2D eigenvalue weighted by molar-refractivity contribution is 7.18. The Kier molecular flexibility index (Phi) is 6.60. The lowest BCUT2D eigenvalue weighted by Gasteiger charge is -2.27. The van der Waals surface area contributed by atoms with Crippen LogP contribution in [0, 0.1) is 5.92 Å². The maximum atomic E-state index is 13.3. The highest BCUT2D eigenvalue weighted by atomic mass is 32.1. The molecule has 2 aliphatic carbocycles. The van der Waals surface area contributed by atoms with E-state index in [0.29, 0.717) is 12.6 Å². The zero-order chi connectivity index (χ0) is 21.9. The first-order chi connectivity index (χ1) is 15.7. The van der Waals surface area contributed by atoms with Crippen molar-refractivity contribution in [3.05, 3.63) is 57.0 Å². The van der Waals surface area contributed by atoms with Gasteiger partial charge in [0.05, 0.1) is 18.8 Å². The number of thiophene rings is 1. The fourth-order valence-corrected chi connectivity index (χ4v) is 6.59. The highest BCUT2D eigenvalue weighted by Crippen LogP contribution is 2.34. The molecule has 0 bridgehead atoms. The second-order valence-electron chi connectivity index (χ2n) is 9.38.